The quantitative estimate of drug-likeness (QED) is 0.573. The molecule has 7 nitrogen and oxygen atoms in total. The Morgan fingerprint density at radius 1 is 1.00 bits per heavy atom. The molecule has 2 aromatic rings. The Bertz CT molecular complexity index is 1050. The van der Waals surface area contributed by atoms with Crippen LogP contribution in [0.5, 0.6) is 0 Å². The zero-order valence-corrected chi connectivity index (χ0v) is 21.1. The molecule has 8 heteroatoms. The first-order valence-corrected chi connectivity index (χ1v) is 13.0. The Morgan fingerprint density at radius 2 is 1.58 bits per heavy atom. The number of nitrogens with one attached hydrogen (secondary N) is 1. The molecule has 2 rings (SSSR count). The van der Waals surface area contributed by atoms with E-state index in [1.807, 2.05) is 64.1 Å². The smallest absolute Gasteiger partial charge is 0.244 e. The van der Waals surface area contributed by atoms with Gasteiger partial charge in [-0.3, -0.25) is 13.9 Å². The van der Waals surface area contributed by atoms with Gasteiger partial charge in [-0.05, 0) is 62.9 Å². The fourth-order valence-electron chi connectivity index (χ4n) is 3.54. The molecule has 0 saturated carbocycles. The lowest BCUT2D eigenvalue weighted by molar-refractivity contribution is -0.139. The van der Waals surface area contributed by atoms with E-state index in [0.29, 0.717) is 5.69 Å². The molecule has 0 aromatic heterocycles. The number of sulfonamides is 1. The van der Waals surface area contributed by atoms with Crippen LogP contribution in [0.1, 0.15) is 43.9 Å². The van der Waals surface area contributed by atoms with Crippen LogP contribution in [0.4, 0.5) is 5.69 Å². The van der Waals surface area contributed by atoms with Gasteiger partial charge in [-0.1, -0.05) is 43.3 Å². The van der Waals surface area contributed by atoms with Gasteiger partial charge < -0.3 is 10.2 Å². The Balaban J connectivity index is 2.39. The Kier molecular flexibility index (Phi) is 9.05. The Morgan fingerprint density at radius 3 is 2.09 bits per heavy atom. The molecule has 0 heterocycles. The zero-order chi connectivity index (χ0) is 24.8. The average Bonchev–Trinajstić information content (AvgIpc) is 2.74. The lowest BCUT2D eigenvalue weighted by Gasteiger charge is -2.32. The second-order valence-electron chi connectivity index (χ2n) is 8.62. The molecule has 0 aliphatic heterocycles. The molecule has 180 valence electrons. The largest absolute Gasteiger partial charge is 0.352 e. The molecular weight excluding hydrogens is 438 g/mol. The average molecular weight is 474 g/mol. The van der Waals surface area contributed by atoms with Crippen LogP contribution in [-0.4, -0.2) is 50.0 Å². The third kappa shape index (κ3) is 7.60. The second kappa shape index (κ2) is 11.3. The maximum Gasteiger partial charge on any atom is 0.244 e. The highest BCUT2D eigenvalue weighted by Crippen LogP contribution is 2.22. The van der Waals surface area contributed by atoms with Gasteiger partial charge >= 0.3 is 0 Å². The summed E-state index contributed by atoms with van der Waals surface area (Å²) in [6, 6.07) is 14.0. The molecule has 0 aliphatic rings. The molecule has 0 fully saturated rings. The predicted molar refractivity (Wildman–Crippen MR) is 132 cm³/mol. The SMILES string of the molecule is CCC(C)NC(=O)C(C)N(Cc1ccccc1)C(=O)CN(c1cc(C)cc(C)c1)S(C)(=O)=O. The number of aryl methyl sites for hydroxylation is 2. The number of hydrogen-bond acceptors (Lipinski definition) is 4. The standard InChI is InChI=1S/C25H35N3O4S/c1-7-20(4)26-25(30)21(5)27(16-22-11-9-8-10-12-22)24(29)17-28(33(6,31)32)23-14-18(2)13-19(3)15-23/h8-15,20-21H,7,16-17H2,1-6H3,(H,26,30). The molecule has 0 bridgehead atoms. The van der Waals surface area contributed by atoms with E-state index < -0.39 is 28.5 Å². The number of carbonyl (C=O) groups is 2. The molecule has 2 unspecified atom stereocenters. The lowest BCUT2D eigenvalue weighted by Crippen LogP contribution is -2.52. The third-order valence-electron chi connectivity index (χ3n) is 5.54. The van der Waals surface area contributed by atoms with E-state index in [1.165, 1.54) is 4.90 Å². The van der Waals surface area contributed by atoms with Crippen molar-refractivity contribution in [3.05, 3.63) is 65.2 Å². The van der Waals surface area contributed by atoms with Crippen LogP contribution >= 0.6 is 0 Å². The molecule has 2 amide bonds. The van der Waals surface area contributed by atoms with E-state index in [4.69, 9.17) is 0 Å². The van der Waals surface area contributed by atoms with Crippen molar-refractivity contribution < 1.29 is 18.0 Å². The minimum absolute atomic E-state index is 0.0311. The highest BCUT2D eigenvalue weighted by molar-refractivity contribution is 7.92. The van der Waals surface area contributed by atoms with E-state index in [1.54, 1.807) is 19.1 Å². The van der Waals surface area contributed by atoms with Gasteiger partial charge in [0.25, 0.3) is 0 Å². The number of hydrogen-bond donors (Lipinski definition) is 1. The summed E-state index contributed by atoms with van der Waals surface area (Å²) in [5, 5.41) is 2.92. The van der Waals surface area contributed by atoms with E-state index >= 15 is 0 Å². The first-order valence-electron chi connectivity index (χ1n) is 11.1. The van der Waals surface area contributed by atoms with Crippen LogP contribution in [0.25, 0.3) is 0 Å². The molecule has 2 atom stereocenters. The van der Waals surface area contributed by atoms with E-state index in [2.05, 4.69) is 5.32 Å². The van der Waals surface area contributed by atoms with Crippen LogP contribution in [0.3, 0.4) is 0 Å². The fraction of sp³-hybridized carbons (Fsp3) is 0.440. The molecule has 2 aromatic carbocycles. The number of anilines is 1. The molecule has 0 aliphatic carbocycles. The van der Waals surface area contributed by atoms with Crippen molar-refractivity contribution in [2.24, 2.45) is 0 Å². The zero-order valence-electron chi connectivity index (χ0n) is 20.3. The molecule has 33 heavy (non-hydrogen) atoms. The summed E-state index contributed by atoms with van der Waals surface area (Å²) in [6.45, 7) is 9.09. The Labute approximate surface area is 197 Å². The Hall–Kier alpha value is -2.87. The maximum absolute atomic E-state index is 13.5. The van der Waals surface area contributed by atoms with Crippen molar-refractivity contribution in [2.45, 2.75) is 59.7 Å². The number of carbonyl (C=O) groups excluding carboxylic acids is 2. The van der Waals surface area contributed by atoms with Gasteiger partial charge in [0.05, 0.1) is 11.9 Å². The van der Waals surface area contributed by atoms with Crippen LogP contribution < -0.4 is 9.62 Å². The van der Waals surface area contributed by atoms with Crippen molar-refractivity contribution in [1.29, 1.82) is 0 Å². The summed E-state index contributed by atoms with van der Waals surface area (Å²) in [7, 11) is -3.74. The summed E-state index contributed by atoms with van der Waals surface area (Å²) >= 11 is 0. The number of rotatable bonds is 10. The summed E-state index contributed by atoms with van der Waals surface area (Å²) in [4.78, 5) is 27.8. The van der Waals surface area contributed by atoms with Gasteiger partial charge in [-0.2, -0.15) is 0 Å². The third-order valence-corrected chi connectivity index (χ3v) is 6.68. The van der Waals surface area contributed by atoms with Crippen molar-refractivity contribution >= 4 is 27.5 Å². The molecule has 0 saturated heterocycles. The van der Waals surface area contributed by atoms with Crippen LogP contribution in [-0.2, 0) is 26.2 Å². The van der Waals surface area contributed by atoms with Gasteiger partial charge in [0.15, 0.2) is 0 Å². The number of benzene rings is 2. The highest BCUT2D eigenvalue weighted by Gasteiger charge is 2.30. The maximum atomic E-state index is 13.5. The fourth-order valence-corrected chi connectivity index (χ4v) is 4.37. The number of nitrogens with zero attached hydrogens (tertiary/aromatic N) is 2. The van der Waals surface area contributed by atoms with Crippen LogP contribution in [0.2, 0.25) is 0 Å². The van der Waals surface area contributed by atoms with Crippen molar-refractivity contribution in [2.75, 3.05) is 17.1 Å². The minimum Gasteiger partial charge on any atom is -0.352 e. The molecule has 0 radical (unpaired) electrons. The topological polar surface area (TPSA) is 86.8 Å². The highest BCUT2D eigenvalue weighted by atomic mass is 32.2. The molecule has 0 spiro atoms. The number of amides is 2. The van der Waals surface area contributed by atoms with E-state index in [9.17, 15) is 18.0 Å². The normalized spacial score (nSPS) is 13.2. The predicted octanol–water partition coefficient (Wildman–Crippen LogP) is 3.40. The molecular formula is C25H35N3O4S. The van der Waals surface area contributed by atoms with Gasteiger partial charge in [-0.25, -0.2) is 8.42 Å². The van der Waals surface area contributed by atoms with Crippen molar-refractivity contribution in [1.82, 2.24) is 10.2 Å². The summed E-state index contributed by atoms with van der Waals surface area (Å²) < 4.78 is 26.4. The van der Waals surface area contributed by atoms with Crippen LogP contribution in [0.15, 0.2) is 48.5 Å². The first-order chi connectivity index (χ1) is 15.4. The second-order valence-corrected chi connectivity index (χ2v) is 10.5. The van der Waals surface area contributed by atoms with Crippen molar-refractivity contribution in [3.63, 3.8) is 0 Å². The summed E-state index contributed by atoms with van der Waals surface area (Å²) in [6.07, 6.45) is 1.85. The van der Waals surface area contributed by atoms with Gasteiger partial charge in [0.2, 0.25) is 21.8 Å². The van der Waals surface area contributed by atoms with Crippen molar-refractivity contribution in [3.8, 4) is 0 Å². The van der Waals surface area contributed by atoms with Crippen LogP contribution in [0, 0.1) is 13.8 Å². The minimum atomic E-state index is -3.74. The van der Waals surface area contributed by atoms with Gasteiger partial charge in [0.1, 0.15) is 12.6 Å². The summed E-state index contributed by atoms with van der Waals surface area (Å²) in [5.74, 6) is -0.721. The van der Waals surface area contributed by atoms with E-state index in [0.717, 1.165) is 33.7 Å². The summed E-state index contributed by atoms with van der Waals surface area (Å²) in [5.41, 5.74) is 3.08. The van der Waals surface area contributed by atoms with E-state index in [-0.39, 0.29) is 18.5 Å². The molecule has 1 N–H and O–H groups in total. The van der Waals surface area contributed by atoms with Gasteiger partial charge in [-0.15, -0.1) is 0 Å². The lowest BCUT2D eigenvalue weighted by atomic mass is 10.1. The van der Waals surface area contributed by atoms with Gasteiger partial charge in [0, 0.05) is 12.6 Å². The monoisotopic (exact) mass is 473 g/mol. The first kappa shape index (κ1) is 26.4.